The SMILES string of the molecule is Cc1ccc(S(=O)(=O)Cc2ccc(C(=O)NCC3CCCN3)cc2)cc1. The third-order valence-corrected chi connectivity index (χ3v) is 6.33. The second-order valence-electron chi connectivity index (χ2n) is 6.77. The van der Waals surface area contributed by atoms with E-state index < -0.39 is 9.84 Å². The number of hydrogen-bond acceptors (Lipinski definition) is 4. The second kappa shape index (κ2) is 8.01. The van der Waals surface area contributed by atoms with Crippen molar-refractivity contribution in [3.8, 4) is 0 Å². The van der Waals surface area contributed by atoms with E-state index >= 15 is 0 Å². The van der Waals surface area contributed by atoms with Crippen molar-refractivity contribution >= 4 is 15.7 Å². The van der Waals surface area contributed by atoms with Crippen LogP contribution in [-0.4, -0.2) is 33.5 Å². The van der Waals surface area contributed by atoms with Gasteiger partial charge in [0.1, 0.15) is 0 Å². The molecule has 0 radical (unpaired) electrons. The Morgan fingerprint density at radius 1 is 1.12 bits per heavy atom. The minimum Gasteiger partial charge on any atom is -0.350 e. The van der Waals surface area contributed by atoms with Gasteiger partial charge in [0.2, 0.25) is 0 Å². The lowest BCUT2D eigenvalue weighted by molar-refractivity contribution is 0.0950. The molecule has 5 nitrogen and oxygen atoms in total. The first kappa shape index (κ1) is 18.6. The van der Waals surface area contributed by atoms with E-state index in [1.165, 1.54) is 0 Å². The third-order valence-electron chi connectivity index (χ3n) is 4.62. The van der Waals surface area contributed by atoms with Crippen molar-refractivity contribution in [3.63, 3.8) is 0 Å². The number of rotatable bonds is 6. The molecule has 1 amide bonds. The Bertz CT molecular complexity index is 853. The van der Waals surface area contributed by atoms with Gasteiger partial charge in [0.15, 0.2) is 9.84 Å². The van der Waals surface area contributed by atoms with Crippen LogP contribution in [0.5, 0.6) is 0 Å². The number of carbonyl (C=O) groups excluding carboxylic acids is 1. The van der Waals surface area contributed by atoms with Crippen molar-refractivity contribution < 1.29 is 13.2 Å². The highest BCUT2D eigenvalue weighted by atomic mass is 32.2. The van der Waals surface area contributed by atoms with Crippen LogP contribution in [0.3, 0.4) is 0 Å². The Balaban J connectivity index is 1.61. The summed E-state index contributed by atoms with van der Waals surface area (Å²) in [5.41, 5.74) is 2.23. The van der Waals surface area contributed by atoms with Gasteiger partial charge in [-0.15, -0.1) is 0 Å². The number of sulfone groups is 1. The fraction of sp³-hybridized carbons (Fsp3) is 0.350. The van der Waals surface area contributed by atoms with Crippen LogP contribution in [-0.2, 0) is 15.6 Å². The molecule has 2 aromatic carbocycles. The summed E-state index contributed by atoms with van der Waals surface area (Å²) in [6, 6.07) is 13.9. The van der Waals surface area contributed by atoms with Crippen molar-refractivity contribution in [3.05, 3.63) is 65.2 Å². The van der Waals surface area contributed by atoms with Crippen molar-refractivity contribution in [2.24, 2.45) is 0 Å². The molecule has 26 heavy (non-hydrogen) atoms. The first-order valence-electron chi connectivity index (χ1n) is 8.84. The maximum Gasteiger partial charge on any atom is 0.251 e. The van der Waals surface area contributed by atoms with Crippen LogP contribution in [0.25, 0.3) is 0 Å². The van der Waals surface area contributed by atoms with Gasteiger partial charge < -0.3 is 10.6 Å². The molecule has 138 valence electrons. The zero-order valence-corrected chi connectivity index (χ0v) is 15.7. The highest BCUT2D eigenvalue weighted by Gasteiger charge is 2.17. The fourth-order valence-corrected chi connectivity index (χ4v) is 4.40. The van der Waals surface area contributed by atoms with Crippen molar-refractivity contribution in [2.45, 2.75) is 36.5 Å². The molecular formula is C20H24N2O3S. The maximum absolute atomic E-state index is 12.5. The Kier molecular flexibility index (Phi) is 5.74. The van der Waals surface area contributed by atoms with Crippen molar-refractivity contribution in [1.82, 2.24) is 10.6 Å². The highest BCUT2D eigenvalue weighted by Crippen LogP contribution is 2.17. The van der Waals surface area contributed by atoms with Gasteiger partial charge in [-0.05, 0) is 56.1 Å². The first-order valence-corrected chi connectivity index (χ1v) is 10.5. The monoisotopic (exact) mass is 372 g/mol. The van der Waals surface area contributed by atoms with Gasteiger partial charge in [0, 0.05) is 18.2 Å². The predicted molar refractivity (Wildman–Crippen MR) is 102 cm³/mol. The molecule has 2 aromatic rings. The molecule has 0 spiro atoms. The molecule has 1 saturated heterocycles. The minimum atomic E-state index is -3.39. The standard InChI is InChI=1S/C20H24N2O3S/c1-15-4-10-19(11-5-15)26(24,25)14-16-6-8-17(9-7-16)20(23)22-13-18-3-2-12-21-18/h4-11,18,21H,2-3,12-14H2,1H3,(H,22,23). The largest absolute Gasteiger partial charge is 0.350 e. The van der Waals surface area contributed by atoms with Gasteiger partial charge in [-0.2, -0.15) is 0 Å². The Hall–Kier alpha value is -2.18. The van der Waals surface area contributed by atoms with Gasteiger partial charge in [0.05, 0.1) is 10.6 Å². The molecule has 3 rings (SSSR count). The molecule has 0 bridgehead atoms. The quantitative estimate of drug-likeness (QED) is 0.817. The smallest absolute Gasteiger partial charge is 0.251 e. The zero-order chi connectivity index (χ0) is 18.6. The molecule has 0 aliphatic carbocycles. The molecule has 1 heterocycles. The Morgan fingerprint density at radius 2 is 1.81 bits per heavy atom. The van der Waals surface area contributed by atoms with Gasteiger partial charge in [0.25, 0.3) is 5.91 Å². The summed E-state index contributed by atoms with van der Waals surface area (Å²) in [5, 5.41) is 6.26. The van der Waals surface area contributed by atoms with Crippen LogP contribution in [0.4, 0.5) is 0 Å². The average molecular weight is 372 g/mol. The van der Waals surface area contributed by atoms with Crippen LogP contribution in [0, 0.1) is 6.92 Å². The van der Waals surface area contributed by atoms with Crippen LogP contribution < -0.4 is 10.6 Å². The molecular weight excluding hydrogens is 348 g/mol. The lowest BCUT2D eigenvalue weighted by Gasteiger charge is -2.11. The number of aryl methyl sites for hydroxylation is 1. The Morgan fingerprint density at radius 3 is 2.42 bits per heavy atom. The third kappa shape index (κ3) is 4.71. The summed E-state index contributed by atoms with van der Waals surface area (Å²) in [6.07, 6.45) is 2.22. The van der Waals surface area contributed by atoms with E-state index in [2.05, 4.69) is 10.6 Å². The maximum atomic E-state index is 12.5. The average Bonchev–Trinajstić information content (AvgIpc) is 3.14. The first-order chi connectivity index (χ1) is 12.4. The topological polar surface area (TPSA) is 75.3 Å². The summed E-state index contributed by atoms with van der Waals surface area (Å²) in [6.45, 7) is 3.54. The summed E-state index contributed by atoms with van der Waals surface area (Å²) < 4.78 is 25.0. The van der Waals surface area contributed by atoms with Crippen molar-refractivity contribution in [2.75, 3.05) is 13.1 Å². The fourth-order valence-electron chi connectivity index (χ4n) is 3.05. The number of carbonyl (C=O) groups is 1. The Labute approximate surface area is 154 Å². The molecule has 1 atom stereocenters. The summed E-state index contributed by atoms with van der Waals surface area (Å²) in [4.78, 5) is 12.5. The molecule has 0 aromatic heterocycles. The summed E-state index contributed by atoms with van der Waals surface area (Å²) >= 11 is 0. The van der Waals surface area contributed by atoms with Crippen molar-refractivity contribution in [1.29, 1.82) is 0 Å². The molecule has 1 aliphatic heterocycles. The van der Waals surface area contributed by atoms with E-state index in [-0.39, 0.29) is 11.7 Å². The van der Waals surface area contributed by atoms with E-state index in [1.54, 1.807) is 48.5 Å². The zero-order valence-electron chi connectivity index (χ0n) is 14.9. The number of benzene rings is 2. The number of hydrogen-bond donors (Lipinski definition) is 2. The normalized spacial score (nSPS) is 17.2. The van der Waals surface area contributed by atoms with Gasteiger partial charge >= 0.3 is 0 Å². The molecule has 1 unspecified atom stereocenters. The van der Waals surface area contributed by atoms with E-state index in [0.717, 1.165) is 24.9 Å². The van der Waals surface area contributed by atoms with Gasteiger partial charge in [-0.3, -0.25) is 4.79 Å². The van der Waals surface area contributed by atoms with Crippen LogP contribution >= 0.6 is 0 Å². The van der Waals surface area contributed by atoms with Crippen LogP contribution in [0.2, 0.25) is 0 Å². The van der Waals surface area contributed by atoms with Gasteiger partial charge in [-0.25, -0.2) is 8.42 Å². The van der Waals surface area contributed by atoms with Crippen LogP contribution in [0.1, 0.15) is 34.3 Å². The number of amides is 1. The van der Waals surface area contributed by atoms with E-state index in [9.17, 15) is 13.2 Å². The highest BCUT2D eigenvalue weighted by molar-refractivity contribution is 7.90. The molecule has 6 heteroatoms. The van der Waals surface area contributed by atoms with E-state index in [1.807, 2.05) is 6.92 Å². The van der Waals surface area contributed by atoms with Crippen LogP contribution in [0.15, 0.2) is 53.4 Å². The minimum absolute atomic E-state index is 0.0794. The second-order valence-corrected chi connectivity index (χ2v) is 8.76. The van der Waals surface area contributed by atoms with E-state index in [4.69, 9.17) is 0 Å². The molecule has 1 fully saturated rings. The van der Waals surface area contributed by atoms with Gasteiger partial charge in [-0.1, -0.05) is 29.8 Å². The van der Waals surface area contributed by atoms with E-state index in [0.29, 0.717) is 28.6 Å². The molecule has 1 aliphatic rings. The molecule has 2 N–H and O–H groups in total. The summed E-state index contributed by atoms with van der Waals surface area (Å²) in [7, 11) is -3.39. The number of nitrogens with one attached hydrogen (secondary N) is 2. The lowest BCUT2D eigenvalue weighted by atomic mass is 10.1. The predicted octanol–water partition coefficient (Wildman–Crippen LogP) is 2.45. The lowest BCUT2D eigenvalue weighted by Crippen LogP contribution is -2.37. The molecule has 0 saturated carbocycles. The summed E-state index contributed by atoms with van der Waals surface area (Å²) in [5.74, 6) is -0.212.